The second kappa shape index (κ2) is 5.68. The highest BCUT2D eigenvalue weighted by atomic mass is 35.5. The first kappa shape index (κ1) is 13.8. The number of rotatable bonds is 3. The van der Waals surface area contributed by atoms with Crippen LogP contribution in [0.4, 0.5) is 0 Å². The van der Waals surface area contributed by atoms with E-state index >= 15 is 0 Å². The van der Waals surface area contributed by atoms with E-state index in [1.165, 1.54) is 11.8 Å². The van der Waals surface area contributed by atoms with Crippen molar-refractivity contribution in [2.24, 2.45) is 0 Å². The van der Waals surface area contributed by atoms with Gasteiger partial charge in [0.05, 0.1) is 23.7 Å². The van der Waals surface area contributed by atoms with E-state index in [1.54, 1.807) is 19.2 Å². The van der Waals surface area contributed by atoms with Crippen LogP contribution >= 0.6 is 23.4 Å². The average Bonchev–Trinajstić information content (AvgIpc) is 2.90. The highest BCUT2D eigenvalue weighted by Gasteiger charge is 2.09. The van der Waals surface area contributed by atoms with Crippen LogP contribution < -0.4 is 4.74 Å². The lowest BCUT2D eigenvalue weighted by Crippen LogP contribution is -1.82. The van der Waals surface area contributed by atoms with Gasteiger partial charge in [-0.25, -0.2) is 4.98 Å². The molecule has 1 aromatic heterocycles. The molecule has 0 aliphatic carbocycles. The number of hydrogen-bond acceptors (Lipinski definition) is 4. The molecule has 3 aromatic rings. The van der Waals surface area contributed by atoms with Crippen molar-refractivity contribution in [3.63, 3.8) is 0 Å². The maximum Gasteiger partial charge on any atom is 0.171 e. The van der Waals surface area contributed by atoms with Crippen LogP contribution in [0.1, 0.15) is 5.56 Å². The molecule has 0 radical (unpaired) electrons. The van der Waals surface area contributed by atoms with Gasteiger partial charge in [-0.2, -0.15) is 5.26 Å². The molecule has 6 heteroatoms. The van der Waals surface area contributed by atoms with Crippen molar-refractivity contribution in [1.29, 1.82) is 5.26 Å². The molecule has 21 heavy (non-hydrogen) atoms. The van der Waals surface area contributed by atoms with Gasteiger partial charge in [-0.05, 0) is 30.3 Å². The summed E-state index contributed by atoms with van der Waals surface area (Å²) in [6.07, 6.45) is 0. The van der Waals surface area contributed by atoms with Crippen LogP contribution in [0.25, 0.3) is 11.0 Å². The number of aromatic nitrogens is 2. The maximum absolute atomic E-state index is 9.16. The number of hydrogen-bond donors (Lipinski definition) is 1. The monoisotopic (exact) mass is 315 g/mol. The van der Waals surface area contributed by atoms with Gasteiger partial charge in [0.15, 0.2) is 5.16 Å². The van der Waals surface area contributed by atoms with E-state index in [4.69, 9.17) is 21.6 Å². The molecule has 0 unspecified atom stereocenters. The summed E-state index contributed by atoms with van der Waals surface area (Å²) in [5, 5.41) is 10.4. The van der Waals surface area contributed by atoms with Crippen molar-refractivity contribution in [2.75, 3.05) is 7.11 Å². The van der Waals surface area contributed by atoms with E-state index in [2.05, 4.69) is 16.0 Å². The second-order valence-electron chi connectivity index (χ2n) is 4.28. The minimum atomic E-state index is 0.533. The number of ether oxygens (including phenoxy) is 1. The Kier molecular flexibility index (Phi) is 3.74. The van der Waals surface area contributed by atoms with Crippen LogP contribution in [0.2, 0.25) is 5.02 Å². The Labute approximate surface area is 130 Å². The lowest BCUT2D eigenvalue weighted by atomic mass is 10.2. The summed E-state index contributed by atoms with van der Waals surface area (Å²) in [7, 11) is 1.63. The number of nitrogens with one attached hydrogen (secondary N) is 1. The molecule has 104 valence electrons. The summed E-state index contributed by atoms with van der Waals surface area (Å²) >= 11 is 7.30. The molecule has 0 bridgehead atoms. The molecule has 0 atom stereocenters. The normalized spacial score (nSPS) is 10.5. The molecular weight excluding hydrogens is 306 g/mol. The van der Waals surface area contributed by atoms with E-state index < -0.39 is 0 Å². The van der Waals surface area contributed by atoms with Crippen molar-refractivity contribution < 1.29 is 4.74 Å². The number of methoxy groups -OCH3 is 1. The summed E-state index contributed by atoms with van der Waals surface area (Å²) in [5.74, 6) is 0.770. The standard InChI is InChI=1S/C15H10ClN3OS/c1-20-11-3-4-12-13(7-11)19-15(18-12)21-14-5-2-10(16)6-9(14)8-17/h2-7H,1H3,(H,18,19). The number of aromatic amines is 1. The van der Waals surface area contributed by atoms with Gasteiger partial charge in [-0.15, -0.1) is 0 Å². The lowest BCUT2D eigenvalue weighted by Gasteiger charge is -2.01. The largest absolute Gasteiger partial charge is 0.497 e. The zero-order chi connectivity index (χ0) is 14.8. The van der Waals surface area contributed by atoms with Crippen LogP contribution in [-0.4, -0.2) is 17.1 Å². The summed E-state index contributed by atoms with van der Waals surface area (Å²) in [6.45, 7) is 0. The van der Waals surface area contributed by atoms with Gasteiger partial charge in [-0.3, -0.25) is 0 Å². The molecule has 0 aliphatic heterocycles. The zero-order valence-electron chi connectivity index (χ0n) is 11.1. The van der Waals surface area contributed by atoms with E-state index in [0.717, 1.165) is 26.8 Å². The first-order chi connectivity index (χ1) is 10.2. The van der Waals surface area contributed by atoms with Crippen LogP contribution in [0, 0.1) is 11.3 Å². The molecule has 3 rings (SSSR count). The van der Waals surface area contributed by atoms with Crippen molar-refractivity contribution in [3.05, 3.63) is 47.0 Å². The van der Waals surface area contributed by atoms with Gasteiger partial charge in [0.25, 0.3) is 0 Å². The predicted molar refractivity (Wildman–Crippen MR) is 82.9 cm³/mol. The number of H-pyrrole nitrogens is 1. The quantitative estimate of drug-likeness (QED) is 0.785. The lowest BCUT2D eigenvalue weighted by molar-refractivity contribution is 0.415. The second-order valence-corrected chi connectivity index (χ2v) is 5.75. The van der Waals surface area contributed by atoms with Gasteiger partial charge in [0, 0.05) is 16.0 Å². The minimum Gasteiger partial charge on any atom is -0.497 e. The molecular formula is C15H10ClN3OS. The Morgan fingerprint density at radius 2 is 2.14 bits per heavy atom. The van der Waals surface area contributed by atoms with Crippen LogP contribution in [0.3, 0.4) is 0 Å². The van der Waals surface area contributed by atoms with E-state index in [9.17, 15) is 0 Å². The first-order valence-corrected chi connectivity index (χ1v) is 7.30. The molecule has 4 nitrogen and oxygen atoms in total. The van der Waals surface area contributed by atoms with E-state index in [-0.39, 0.29) is 0 Å². The predicted octanol–water partition coefficient (Wildman–Crippen LogP) is 4.25. The summed E-state index contributed by atoms with van der Waals surface area (Å²) in [6, 6.07) is 13.0. The third-order valence-electron chi connectivity index (χ3n) is 2.94. The molecule has 0 fully saturated rings. The van der Waals surface area contributed by atoms with Crippen LogP contribution in [0.15, 0.2) is 46.5 Å². The topological polar surface area (TPSA) is 61.7 Å². The summed E-state index contributed by atoms with van der Waals surface area (Å²) < 4.78 is 5.19. The van der Waals surface area contributed by atoms with Crippen molar-refractivity contribution in [3.8, 4) is 11.8 Å². The van der Waals surface area contributed by atoms with Crippen LogP contribution in [-0.2, 0) is 0 Å². The fourth-order valence-electron chi connectivity index (χ4n) is 1.92. The molecule has 0 saturated heterocycles. The Balaban J connectivity index is 1.97. The first-order valence-electron chi connectivity index (χ1n) is 6.11. The fraction of sp³-hybridized carbons (Fsp3) is 0.0667. The smallest absolute Gasteiger partial charge is 0.171 e. The Morgan fingerprint density at radius 3 is 2.90 bits per heavy atom. The third kappa shape index (κ3) is 2.82. The number of nitriles is 1. The summed E-state index contributed by atoms with van der Waals surface area (Å²) in [5.41, 5.74) is 2.28. The van der Waals surface area contributed by atoms with E-state index in [1.807, 2.05) is 24.3 Å². The molecule has 0 aliphatic rings. The minimum absolute atomic E-state index is 0.533. The Bertz CT molecular complexity index is 854. The summed E-state index contributed by atoms with van der Waals surface area (Å²) in [4.78, 5) is 8.52. The van der Waals surface area contributed by atoms with Gasteiger partial charge >= 0.3 is 0 Å². The van der Waals surface area contributed by atoms with Crippen LogP contribution in [0.5, 0.6) is 5.75 Å². The SMILES string of the molecule is COc1ccc2nc(Sc3ccc(Cl)cc3C#N)[nH]c2c1. The Morgan fingerprint density at radius 1 is 1.29 bits per heavy atom. The van der Waals surface area contributed by atoms with Gasteiger partial charge in [-0.1, -0.05) is 23.4 Å². The number of nitrogens with zero attached hydrogens (tertiary/aromatic N) is 2. The molecule has 2 aromatic carbocycles. The Hall–Kier alpha value is -2.16. The highest BCUT2D eigenvalue weighted by molar-refractivity contribution is 7.99. The van der Waals surface area contributed by atoms with Crippen molar-refractivity contribution >= 4 is 34.4 Å². The van der Waals surface area contributed by atoms with Gasteiger partial charge < -0.3 is 9.72 Å². The molecule has 0 saturated carbocycles. The number of imidazole rings is 1. The van der Waals surface area contributed by atoms with Gasteiger partial charge in [0.1, 0.15) is 11.8 Å². The maximum atomic E-state index is 9.16. The molecule has 1 heterocycles. The zero-order valence-corrected chi connectivity index (χ0v) is 12.6. The fourth-order valence-corrected chi connectivity index (χ4v) is 2.96. The van der Waals surface area contributed by atoms with Gasteiger partial charge in [0.2, 0.25) is 0 Å². The molecule has 0 spiro atoms. The highest BCUT2D eigenvalue weighted by Crippen LogP contribution is 2.31. The molecule has 0 amide bonds. The molecule has 1 N–H and O–H groups in total. The van der Waals surface area contributed by atoms with E-state index in [0.29, 0.717) is 10.6 Å². The average molecular weight is 316 g/mol. The van der Waals surface area contributed by atoms with Crippen molar-refractivity contribution in [1.82, 2.24) is 9.97 Å². The van der Waals surface area contributed by atoms with Crippen molar-refractivity contribution in [2.45, 2.75) is 10.1 Å². The number of halogens is 1. The number of fused-ring (bicyclic) bond motifs is 1. The number of benzene rings is 2. The third-order valence-corrected chi connectivity index (χ3v) is 4.13.